The van der Waals surface area contributed by atoms with Crippen molar-refractivity contribution in [1.82, 2.24) is 9.80 Å². The van der Waals surface area contributed by atoms with Gasteiger partial charge in [0.2, 0.25) is 5.91 Å². The van der Waals surface area contributed by atoms with E-state index < -0.39 is 5.91 Å². The second-order valence-electron chi connectivity index (χ2n) is 9.24. The molecule has 0 spiro atoms. The molecule has 2 amide bonds. The number of hydrogen-bond donors (Lipinski definition) is 3. The number of amidine groups is 1. The van der Waals surface area contributed by atoms with Gasteiger partial charge >= 0.3 is 0 Å². The molecule has 2 heterocycles. The Morgan fingerprint density at radius 1 is 0.946 bits per heavy atom. The Bertz CT molecular complexity index is 1180. The number of benzene rings is 2. The first-order chi connectivity index (χ1) is 17.9. The fraction of sp³-hybridized carbons (Fsp3) is 0.321. The molecule has 9 heteroatoms. The van der Waals surface area contributed by atoms with E-state index in [1.807, 2.05) is 36.4 Å². The molecular weight excluding hydrogens is 468 g/mol. The fourth-order valence-electron chi connectivity index (χ4n) is 4.55. The first kappa shape index (κ1) is 26.0. The summed E-state index contributed by atoms with van der Waals surface area (Å²) in [5.41, 5.74) is 18.8. The summed E-state index contributed by atoms with van der Waals surface area (Å²) in [5, 5.41) is 0. The van der Waals surface area contributed by atoms with Gasteiger partial charge in [0.1, 0.15) is 22.9 Å². The monoisotopic (exact) mass is 502 g/mol. The molecule has 0 bridgehead atoms. The zero-order chi connectivity index (χ0) is 26.2. The Labute approximate surface area is 217 Å². The molecule has 6 N–H and O–H groups in total. The Morgan fingerprint density at radius 2 is 1.62 bits per heavy atom. The molecule has 4 rings (SSSR count). The van der Waals surface area contributed by atoms with Gasteiger partial charge in [-0.2, -0.15) is 0 Å². The minimum absolute atomic E-state index is 0.0292. The lowest BCUT2D eigenvalue weighted by Crippen LogP contribution is -2.32. The Morgan fingerprint density at radius 3 is 2.30 bits per heavy atom. The van der Waals surface area contributed by atoms with Crippen molar-refractivity contribution in [3.63, 3.8) is 0 Å². The van der Waals surface area contributed by atoms with Crippen LogP contribution >= 0.6 is 0 Å². The van der Waals surface area contributed by atoms with Crippen LogP contribution in [-0.4, -0.2) is 66.2 Å². The third kappa shape index (κ3) is 6.98. The Balaban J connectivity index is 1.40. The maximum absolute atomic E-state index is 12.6. The van der Waals surface area contributed by atoms with E-state index >= 15 is 0 Å². The van der Waals surface area contributed by atoms with Crippen molar-refractivity contribution in [2.45, 2.75) is 25.3 Å². The van der Waals surface area contributed by atoms with E-state index in [2.05, 4.69) is 9.89 Å². The Kier molecular flexibility index (Phi) is 8.58. The quantitative estimate of drug-likeness (QED) is 0.273. The lowest BCUT2D eigenvalue weighted by molar-refractivity contribution is -0.125. The van der Waals surface area contributed by atoms with Gasteiger partial charge in [-0.1, -0.05) is 24.3 Å². The molecule has 1 atom stereocenters. The lowest BCUT2D eigenvalue weighted by atomic mass is 10.0. The van der Waals surface area contributed by atoms with Gasteiger partial charge in [-0.25, -0.2) is 0 Å². The van der Waals surface area contributed by atoms with Gasteiger partial charge < -0.3 is 26.8 Å². The van der Waals surface area contributed by atoms with Crippen molar-refractivity contribution in [3.8, 4) is 11.5 Å². The maximum Gasteiger partial charge on any atom is 0.254 e. The molecule has 2 aromatic rings. The minimum Gasteiger partial charge on any atom is -0.457 e. The number of ether oxygens (including phenoxy) is 1. The Hall–Kier alpha value is -4.11. The summed E-state index contributed by atoms with van der Waals surface area (Å²) in [4.78, 5) is 33.4. The van der Waals surface area contributed by atoms with Crippen LogP contribution in [0, 0.1) is 0 Å². The number of carbonyl (C=O) groups excluding carboxylic acids is 2. The first-order valence-corrected chi connectivity index (χ1v) is 12.5. The summed E-state index contributed by atoms with van der Waals surface area (Å²) >= 11 is 0. The van der Waals surface area contributed by atoms with Gasteiger partial charge in [-0.05, 0) is 74.3 Å². The number of primary amides is 1. The summed E-state index contributed by atoms with van der Waals surface area (Å²) in [6.45, 7) is 3.96. The highest BCUT2D eigenvalue weighted by Gasteiger charge is 2.26. The maximum atomic E-state index is 12.6. The third-order valence-electron chi connectivity index (χ3n) is 6.54. The van der Waals surface area contributed by atoms with Gasteiger partial charge in [0, 0.05) is 25.7 Å². The number of carbonyl (C=O) groups is 2. The summed E-state index contributed by atoms with van der Waals surface area (Å²) in [7, 11) is 0. The smallest absolute Gasteiger partial charge is 0.254 e. The van der Waals surface area contributed by atoms with Crippen LogP contribution in [0.3, 0.4) is 0 Å². The highest BCUT2D eigenvalue weighted by Crippen LogP contribution is 2.24. The van der Waals surface area contributed by atoms with Crippen molar-refractivity contribution in [2.24, 2.45) is 22.2 Å². The number of nitrogens with zero attached hydrogens (tertiary/aromatic N) is 3. The highest BCUT2D eigenvalue weighted by atomic mass is 16.5. The van der Waals surface area contributed by atoms with Crippen molar-refractivity contribution in [1.29, 1.82) is 0 Å². The van der Waals surface area contributed by atoms with Crippen molar-refractivity contribution >= 4 is 23.3 Å². The van der Waals surface area contributed by atoms with Crippen LogP contribution in [0.1, 0.15) is 24.8 Å². The van der Waals surface area contributed by atoms with Crippen molar-refractivity contribution in [2.75, 3.05) is 32.7 Å². The number of aliphatic imine (C=N–C) groups is 1. The van der Waals surface area contributed by atoms with Crippen LogP contribution < -0.4 is 21.9 Å². The minimum atomic E-state index is -0.765. The van der Waals surface area contributed by atoms with E-state index in [1.165, 1.54) is 12.8 Å². The van der Waals surface area contributed by atoms with E-state index in [4.69, 9.17) is 21.9 Å². The van der Waals surface area contributed by atoms with E-state index in [0.29, 0.717) is 36.6 Å². The molecule has 194 valence electrons. The average Bonchev–Trinajstić information content (AvgIpc) is 3.57. The van der Waals surface area contributed by atoms with E-state index in [0.717, 1.165) is 19.6 Å². The number of para-hydroxylation sites is 1. The zero-order valence-corrected chi connectivity index (χ0v) is 20.9. The average molecular weight is 503 g/mol. The normalized spacial score (nSPS) is 19.3. The molecule has 2 fully saturated rings. The van der Waals surface area contributed by atoms with Gasteiger partial charge in [0.15, 0.2) is 0 Å². The molecule has 2 saturated heterocycles. The number of nitrogens with two attached hydrogens (primary N) is 3. The highest BCUT2D eigenvalue weighted by molar-refractivity contribution is 6.24. The van der Waals surface area contributed by atoms with Gasteiger partial charge in [0.25, 0.3) is 5.91 Å². The van der Waals surface area contributed by atoms with E-state index in [-0.39, 0.29) is 29.1 Å². The van der Waals surface area contributed by atoms with Crippen LogP contribution in [0.2, 0.25) is 0 Å². The predicted octanol–water partition coefficient (Wildman–Crippen LogP) is 2.24. The van der Waals surface area contributed by atoms with Crippen LogP contribution in [0.15, 0.2) is 77.3 Å². The second-order valence-corrected chi connectivity index (χ2v) is 9.24. The predicted molar refractivity (Wildman–Crippen MR) is 145 cm³/mol. The van der Waals surface area contributed by atoms with Crippen LogP contribution in [0.25, 0.3) is 5.70 Å². The zero-order valence-electron chi connectivity index (χ0n) is 20.9. The molecule has 2 aliphatic heterocycles. The molecule has 0 aromatic heterocycles. The summed E-state index contributed by atoms with van der Waals surface area (Å²) in [6.07, 6.45) is 6.63. The summed E-state index contributed by atoms with van der Waals surface area (Å²) < 4.78 is 5.80. The molecule has 0 saturated carbocycles. The van der Waals surface area contributed by atoms with Gasteiger partial charge in [0.05, 0.1) is 11.7 Å². The molecule has 0 aliphatic carbocycles. The van der Waals surface area contributed by atoms with Gasteiger partial charge in [-0.15, -0.1) is 0 Å². The fourth-order valence-corrected chi connectivity index (χ4v) is 4.55. The number of rotatable bonds is 9. The molecule has 2 aromatic carbocycles. The number of likely N-dealkylation sites (tertiary alicyclic amines) is 2. The van der Waals surface area contributed by atoms with Crippen LogP contribution in [-0.2, 0) is 9.59 Å². The molecule has 0 radical (unpaired) electrons. The first-order valence-electron chi connectivity index (χ1n) is 12.5. The molecule has 2 aliphatic rings. The molecule has 9 nitrogen and oxygen atoms in total. The topological polar surface area (TPSA) is 140 Å². The molecule has 37 heavy (non-hydrogen) atoms. The molecular formula is C28H34N6O3. The third-order valence-corrected chi connectivity index (χ3v) is 6.54. The van der Waals surface area contributed by atoms with Crippen LogP contribution in [0.5, 0.6) is 11.5 Å². The SMILES string of the molecule is NC(=O)C(C(N)=NC1CCN(C(=O)/C=C/CN2CCCC2)C1)=C(N)c1ccc(Oc2ccccc2)cc1. The van der Waals surface area contributed by atoms with Crippen molar-refractivity contribution in [3.05, 3.63) is 77.9 Å². The largest absolute Gasteiger partial charge is 0.457 e. The van der Waals surface area contributed by atoms with E-state index in [9.17, 15) is 9.59 Å². The lowest BCUT2D eigenvalue weighted by Gasteiger charge is -2.15. The summed E-state index contributed by atoms with van der Waals surface area (Å²) in [6, 6.07) is 16.1. The second kappa shape index (κ2) is 12.2. The number of hydrogen-bond acceptors (Lipinski definition) is 6. The molecule has 1 unspecified atom stereocenters. The van der Waals surface area contributed by atoms with E-state index in [1.54, 1.807) is 35.2 Å². The van der Waals surface area contributed by atoms with Gasteiger partial charge in [-0.3, -0.25) is 19.5 Å². The van der Waals surface area contributed by atoms with Crippen LogP contribution in [0.4, 0.5) is 0 Å². The number of amides is 2. The standard InChI is InChI=1S/C28H34N6O3/c29-26(20-10-12-23(13-11-20)37-22-7-2-1-3-8-22)25(28(31)36)27(30)32-21-14-18-34(19-21)24(35)9-6-17-33-15-4-5-16-33/h1-3,6-13,21H,4-5,14-19,29H2,(H2,30,32)(H2,31,36)/b9-6+,26-25?. The summed E-state index contributed by atoms with van der Waals surface area (Å²) in [5.74, 6) is 0.491. The van der Waals surface area contributed by atoms with Crippen molar-refractivity contribution < 1.29 is 14.3 Å².